The highest BCUT2D eigenvalue weighted by molar-refractivity contribution is 7.98. The van der Waals surface area contributed by atoms with E-state index in [0.29, 0.717) is 11.0 Å². The van der Waals surface area contributed by atoms with Gasteiger partial charge in [-0.1, -0.05) is 16.3 Å². The van der Waals surface area contributed by atoms with Crippen LogP contribution in [0.5, 0.6) is 0 Å². The van der Waals surface area contributed by atoms with Gasteiger partial charge in [-0.2, -0.15) is 9.97 Å². The third kappa shape index (κ3) is 2.05. The van der Waals surface area contributed by atoms with Crippen LogP contribution in [0.4, 0.5) is 5.95 Å². The van der Waals surface area contributed by atoms with Crippen molar-refractivity contribution in [3.8, 4) is 10.7 Å². The Bertz CT molecular complexity index is 482. The third-order valence-electron chi connectivity index (χ3n) is 1.67. The van der Waals surface area contributed by atoms with Gasteiger partial charge in [-0.3, -0.25) is 0 Å². The summed E-state index contributed by atoms with van der Waals surface area (Å²) < 4.78 is 3.83. The molecular formula is C7H8N6S2. The maximum atomic E-state index is 5.58. The van der Waals surface area contributed by atoms with Gasteiger partial charge in [-0.15, -0.1) is 5.10 Å². The topological polar surface area (TPSA) is 90.5 Å². The SMILES string of the molecule is CSc1nc(N)nc(-c2snnc2C)n1. The van der Waals surface area contributed by atoms with E-state index >= 15 is 0 Å². The van der Waals surface area contributed by atoms with Crippen LogP contribution in [0, 0.1) is 6.92 Å². The Morgan fingerprint density at radius 3 is 2.67 bits per heavy atom. The zero-order valence-corrected chi connectivity index (χ0v) is 9.76. The van der Waals surface area contributed by atoms with Gasteiger partial charge >= 0.3 is 0 Å². The lowest BCUT2D eigenvalue weighted by Gasteiger charge is -2.00. The molecule has 2 N–H and O–H groups in total. The maximum Gasteiger partial charge on any atom is 0.224 e. The second kappa shape index (κ2) is 4.07. The highest BCUT2D eigenvalue weighted by atomic mass is 32.2. The Labute approximate surface area is 94.5 Å². The quantitative estimate of drug-likeness (QED) is 0.783. The lowest BCUT2D eigenvalue weighted by molar-refractivity contribution is 0.927. The number of hydrogen-bond acceptors (Lipinski definition) is 8. The molecule has 0 spiro atoms. The highest BCUT2D eigenvalue weighted by Crippen LogP contribution is 2.23. The number of nitrogen functional groups attached to an aromatic ring is 1. The molecule has 0 saturated carbocycles. The molecule has 8 heteroatoms. The molecule has 0 atom stereocenters. The molecule has 15 heavy (non-hydrogen) atoms. The molecule has 0 bridgehead atoms. The van der Waals surface area contributed by atoms with Crippen molar-refractivity contribution < 1.29 is 0 Å². The van der Waals surface area contributed by atoms with Crippen LogP contribution in [0.25, 0.3) is 10.7 Å². The van der Waals surface area contributed by atoms with Crippen molar-refractivity contribution in [1.82, 2.24) is 24.5 Å². The van der Waals surface area contributed by atoms with Crippen LogP contribution < -0.4 is 5.73 Å². The standard InChI is InChI=1S/C7H8N6S2/c1-3-4(15-13-12-3)5-9-6(8)11-7(10-5)14-2/h1-2H3,(H2,8,9,10,11). The van der Waals surface area contributed by atoms with E-state index in [1.165, 1.54) is 23.3 Å². The van der Waals surface area contributed by atoms with E-state index in [2.05, 4.69) is 24.5 Å². The molecule has 0 aliphatic rings. The van der Waals surface area contributed by atoms with Gasteiger partial charge in [0.25, 0.3) is 0 Å². The fraction of sp³-hybridized carbons (Fsp3) is 0.286. The molecule has 0 aromatic carbocycles. The lowest BCUT2D eigenvalue weighted by Crippen LogP contribution is -2.01. The van der Waals surface area contributed by atoms with Crippen molar-refractivity contribution in [2.24, 2.45) is 0 Å². The second-order valence-corrected chi connectivity index (χ2v) is 4.22. The molecule has 0 unspecified atom stereocenters. The van der Waals surface area contributed by atoms with Crippen molar-refractivity contribution in [2.75, 3.05) is 12.0 Å². The first-order chi connectivity index (χ1) is 7.20. The van der Waals surface area contributed by atoms with Crippen LogP contribution in [-0.4, -0.2) is 30.8 Å². The summed E-state index contributed by atoms with van der Waals surface area (Å²) in [7, 11) is 0. The molecule has 0 saturated heterocycles. The van der Waals surface area contributed by atoms with Crippen LogP contribution in [0.3, 0.4) is 0 Å². The molecule has 2 aromatic rings. The largest absolute Gasteiger partial charge is 0.368 e. The van der Waals surface area contributed by atoms with Gasteiger partial charge in [-0.05, 0) is 24.7 Å². The Morgan fingerprint density at radius 1 is 1.27 bits per heavy atom. The fourth-order valence-corrected chi connectivity index (χ4v) is 1.95. The molecule has 0 aliphatic heterocycles. The Kier molecular flexibility index (Phi) is 2.78. The van der Waals surface area contributed by atoms with Gasteiger partial charge < -0.3 is 5.73 Å². The Hall–Kier alpha value is -1.28. The van der Waals surface area contributed by atoms with Gasteiger partial charge in [0.1, 0.15) is 4.88 Å². The van der Waals surface area contributed by atoms with Gasteiger partial charge in [0.05, 0.1) is 5.69 Å². The minimum atomic E-state index is 0.220. The predicted molar refractivity (Wildman–Crippen MR) is 59.7 cm³/mol. The second-order valence-electron chi connectivity index (χ2n) is 2.69. The molecule has 0 aliphatic carbocycles. The first-order valence-corrected chi connectivity index (χ1v) is 6.05. The van der Waals surface area contributed by atoms with Crippen molar-refractivity contribution in [3.63, 3.8) is 0 Å². The summed E-state index contributed by atoms with van der Waals surface area (Å²) in [6.45, 7) is 1.86. The number of anilines is 1. The van der Waals surface area contributed by atoms with Gasteiger partial charge in [0.15, 0.2) is 11.0 Å². The highest BCUT2D eigenvalue weighted by Gasteiger charge is 2.11. The van der Waals surface area contributed by atoms with Crippen LogP contribution in [0.15, 0.2) is 5.16 Å². The van der Waals surface area contributed by atoms with Crippen molar-refractivity contribution in [3.05, 3.63) is 5.69 Å². The van der Waals surface area contributed by atoms with Gasteiger partial charge in [-0.25, -0.2) is 4.98 Å². The van der Waals surface area contributed by atoms with Crippen molar-refractivity contribution in [1.29, 1.82) is 0 Å². The van der Waals surface area contributed by atoms with E-state index < -0.39 is 0 Å². The van der Waals surface area contributed by atoms with E-state index in [1.54, 1.807) is 0 Å². The number of thioether (sulfide) groups is 1. The maximum absolute atomic E-state index is 5.58. The molecular weight excluding hydrogens is 232 g/mol. The van der Waals surface area contributed by atoms with Crippen molar-refractivity contribution in [2.45, 2.75) is 12.1 Å². The van der Waals surface area contributed by atoms with E-state index in [1.807, 2.05) is 13.2 Å². The molecule has 0 radical (unpaired) electrons. The van der Waals surface area contributed by atoms with Gasteiger partial charge in [0.2, 0.25) is 5.95 Å². The van der Waals surface area contributed by atoms with Crippen LogP contribution in [0.2, 0.25) is 0 Å². The molecule has 0 fully saturated rings. The van der Waals surface area contributed by atoms with Crippen LogP contribution in [-0.2, 0) is 0 Å². The lowest BCUT2D eigenvalue weighted by atomic mass is 10.4. The van der Waals surface area contributed by atoms with Crippen molar-refractivity contribution >= 4 is 29.2 Å². The third-order valence-corrected chi connectivity index (χ3v) is 3.04. The summed E-state index contributed by atoms with van der Waals surface area (Å²) in [6.07, 6.45) is 1.89. The summed E-state index contributed by atoms with van der Waals surface area (Å²) >= 11 is 2.67. The summed E-state index contributed by atoms with van der Waals surface area (Å²) in [5, 5.41) is 4.50. The first-order valence-electron chi connectivity index (χ1n) is 4.05. The fourth-order valence-electron chi connectivity index (χ4n) is 1.00. The number of nitrogens with two attached hydrogens (primary N) is 1. The Balaban J connectivity index is 2.53. The average Bonchev–Trinajstić information content (AvgIpc) is 2.63. The molecule has 6 nitrogen and oxygen atoms in total. The molecule has 78 valence electrons. The molecule has 2 aromatic heterocycles. The zero-order chi connectivity index (χ0) is 10.8. The van der Waals surface area contributed by atoms with Crippen LogP contribution >= 0.6 is 23.3 Å². The van der Waals surface area contributed by atoms with Gasteiger partial charge in [0, 0.05) is 0 Å². The average molecular weight is 240 g/mol. The minimum absolute atomic E-state index is 0.220. The molecule has 2 heterocycles. The summed E-state index contributed by atoms with van der Waals surface area (Å²) in [6, 6.07) is 0. The predicted octanol–water partition coefficient (Wildman–Crippen LogP) is 1.00. The van der Waals surface area contributed by atoms with E-state index in [4.69, 9.17) is 5.73 Å². The van der Waals surface area contributed by atoms with E-state index in [9.17, 15) is 0 Å². The Morgan fingerprint density at radius 2 is 2.07 bits per heavy atom. The van der Waals surface area contributed by atoms with E-state index in [-0.39, 0.29) is 5.95 Å². The summed E-state index contributed by atoms with van der Waals surface area (Å²) in [4.78, 5) is 13.1. The zero-order valence-electron chi connectivity index (χ0n) is 8.13. The minimum Gasteiger partial charge on any atom is -0.368 e. The van der Waals surface area contributed by atoms with Crippen LogP contribution in [0.1, 0.15) is 5.69 Å². The number of hydrogen-bond donors (Lipinski definition) is 1. The first kappa shape index (κ1) is 10.2. The number of aryl methyl sites for hydroxylation is 1. The van der Waals surface area contributed by atoms with E-state index in [0.717, 1.165) is 10.6 Å². The number of nitrogens with zero attached hydrogens (tertiary/aromatic N) is 5. The number of rotatable bonds is 2. The monoisotopic (exact) mass is 240 g/mol. The summed E-state index contributed by atoms with van der Waals surface area (Å²) in [5.74, 6) is 0.761. The number of aromatic nitrogens is 5. The smallest absolute Gasteiger partial charge is 0.224 e. The normalized spacial score (nSPS) is 10.5. The molecule has 0 amide bonds. The summed E-state index contributed by atoms with van der Waals surface area (Å²) in [5.41, 5.74) is 6.38. The molecule has 2 rings (SSSR count).